The molecule has 0 fully saturated rings. The molecule has 5 nitrogen and oxygen atoms in total. The van der Waals surface area contributed by atoms with Crippen LogP contribution in [0.3, 0.4) is 0 Å². The quantitative estimate of drug-likeness (QED) is 0.684. The van der Waals surface area contributed by atoms with E-state index in [2.05, 4.69) is 24.5 Å². The van der Waals surface area contributed by atoms with Gasteiger partial charge in [0.2, 0.25) is 5.91 Å². The molecule has 1 amide bonds. The van der Waals surface area contributed by atoms with Crippen LogP contribution in [0.2, 0.25) is 0 Å². The van der Waals surface area contributed by atoms with Gasteiger partial charge in [-0.05, 0) is 12.0 Å². The average Bonchev–Trinajstić information content (AvgIpc) is 2.48. The number of methoxy groups -OCH3 is 2. The molecule has 1 aromatic rings. The molecule has 2 N–H and O–H groups in total. The first kappa shape index (κ1) is 17.3. The minimum absolute atomic E-state index is 0.0776. The lowest BCUT2D eigenvalue weighted by atomic mass is 10.2. The van der Waals surface area contributed by atoms with E-state index in [0.717, 1.165) is 17.9 Å². The van der Waals surface area contributed by atoms with Crippen molar-refractivity contribution in [1.82, 2.24) is 10.6 Å². The minimum atomic E-state index is 0.0776. The fourth-order valence-corrected chi connectivity index (χ4v) is 1.92. The van der Waals surface area contributed by atoms with E-state index >= 15 is 0 Å². The fourth-order valence-electron chi connectivity index (χ4n) is 1.92. The second-order valence-corrected chi connectivity index (χ2v) is 5.28. The van der Waals surface area contributed by atoms with Gasteiger partial charge in [0.1, 0.15) is 0 Å². The van der Waals surface area contributed by atoms with Gasteiger partial charge in [0.05, 0.1) is 14.2 Å². The number of carbonyl (C=O) groups is 1. The van der Waals surface area contributed by atoms with Crippen molar-refractivity contribution in [2.45, 2.75) is 26.8 Å². The van der Waals surface area contributed by atoms with Crippen LogP contribution in [0.15, 0.2) is 18.2 Å². The van der Waals surface area contributed by atoms with Crippen LogP contribution in [0.25, 0.3) is 0 Å². The van der Waals surface area contributed by atoms with Crippen LogP contribution in [0.4, 0.5) is 0 Å². The van der Waals surface area contributed by atoms with Gasteiger partial charge in [-0.25, -0.2) is 0 Å². The predicted molar refractivity (Wildman–Crippen MR) is 83.7 cm³/mol. The standard InChI is InChI=1S/C16H26N2O3/c1-12(2)10-18-15(19)8-9-17-11-13-6-5-7-14(20-3)16(13)21-4/h5-7,12,17H,8-11H2,1-4H3,(H,18,19). The molecule has 0 heterocycles. The molecule has 0 atom stereocenters. The van der Waals surface area contributed by atoms with Crippen molar-refractivity contribution in [2.24, 2.45) is 5.92 Å². The Balaban J connectivity index is 2.37. The van der Waals surface area contributed by atoms with Crippen molar-refractivity contribution in [3.05, 3.63) is 23.8 Å². The number of amides is 1. The molecular formula is C16H26N2O3. The highest BCUT2D eigenvalue weighted by molar-refractivity contribution is 5.76. The fraction of sp³-hybridized carbons (Fsp3) is 0.562. The summed E-state index contributed by atoms with van der Waals surface area (Å²) in [7, 11) is 3.24. The zero-order valence-corrected chi connectivity index (χ0v) is 13.4. The molecule has 0 aliphatic heterocycles. The van der Waals surface area contributed by atoms with E-state index in [0.29, 0.717) is 31.2 Å². The largest absolute Gasteiger partial charge is 0.493 e. The lowest BCUT2D eigenvalue weighted by Gasteiger charge is -2.13. The Hall–Kier alpha value is -1.75. The number of ether oxygens (including phenoxy) is 2. The van der Waals surface area contributed by atoms with Gasteiger partial charge in [0, 0.05) is 31.6 Å². The summed E-state index contributed by atoms with van der Waals surface area (Å²) >= 11 is 0. The Kier molecular flexibility index (Phi) is 7.61. The van der Waals surface area contributed by atoms with Crippen molar-refractivity contribution in [3.63, 3.8) is 0 Å². The zero-order chi connectivity index (χ0) is 15.7. The molecule has 118 valence electrons. The maximum absolute atomic E-state index is 11.6. The van der Waals surface area contributed by atoms with E-state index in [1.807, 2.05) is 18.2 Å². The van der Waals surface area contributed by atoms with E-state index in [1.54, 1.807) is 14.2 Å². The van der Waals surface area contributed by atoms with Gasteiger partial charge in [0.15, 0.2) is 11.5 Å². The summed E-state index contributed by atoms with van der Waals surface area (Å²) < 4.78 is 10.6. The van der Waals surface area contributed by atoms with Crippen molar-refractivity contribution in [3.8, 4) is 11.5 Å². The van der Waals surface area contributed by atoms with Gasteiger partial charge in [-0.1, -0.05) is 26.0 Å². The van der Waals surface area contributed by atoms with Gasteiger partial charge < -0.3 is 20.1 Å². The minimum Gasteiger partial charge on any atom is -0.493 e. The number of benzene rings is 1. The molecule has 0 bridgehead atoms. The summed E-state index contributed by atoms with van der Waals surface area (Å²) in [5.74, 6) is 2.00. The van der Waals surface area contributed by atoms with Crippen LogP contribution in [0, 0.1) is 5.92 Å². The Morgan fingerprint density at radius 2 is 2.00 bits per heavy atom. The molecule has 0 saturated carbocycles. The molecule has 5 heteroatoms. The van der Waals surface area contributed by atoms with E-state index in [-0.39, 0.29) is 5.91 Å². The smallest absolute Gasteiger partial charge is 0.221 e. The molecule has 0 spiro atoms. The second-order valence-electron chi connectivity index (χ2n) is 5.28. The van der Waals surface area contributed by atoms with E-state index in [4.69, 9.17) is 9.47 Å². The summed E-state index contributed by atoms with van der Waals surface area (Å²) in [6.07, 6.45) is 0.471. The van der Waals surface area contributed by atoms with Gasteiger partial charge in [-0.2, -0.15) is 0 Å². The Bertz CT molecular complexity index is 447. The third kappa shape index (κ3) is 6.04. The maximum Gasteiger partial charge on any atom is 0.221 e. The number of carbonyl (C=O) groups excluding carboxylic acids is 1. The number of nitrogens with one attached hydrogen (secondary N) is 2. The van der Waals surface area contributed by atoms with Crippen LogP contribution in [0.1, 0.15) is 25.8 Å². The first-order valence-corrected chi connectivity index (χ1v) is 7.25. The van der Waals surface area contributed by atoms with Crippen molar-refractivity contribution < 1.29 is 14.3 Å². The molecule has 0 aromatic heterocycles. The number of para-hydroxylation sites is 1. The van der Waals surface area contributed by atoms with Crippen LogP contribution in [0.5, 0.6) is 11.5 Å². The number of hydrogen-bond donors (Lipinski definition) is 2. The van der Waals surface area contributed by atoms with E-state index in [9.17, 15) is 4.79 Å². The zero-order valence-electron chi connectivity index (χ0n) is 13.4. The molecular weight excluding hydrogens is 268 g/mol. The molecule has 0 radical (unpaired) electrons. The molecule has 0 unspecified atom stereocenters. The highest BCUT2D eigenvalue weighted by Gasteiger charge is 2.09. The van der Waals surface area contributed by atoms with Crippen LogP contribution >= 0.6 is 0 Å². The maximum atomic E-state index is 11.6. The van der Waals surface area contributed by atoms with Gasteiger partial charge in [-0.3, -0.25) is 4.79 Å². The Morgan fingerprint density at radius 1 is 1.24 bits per heavy atom. The van der Waals surface area contributed by atoms with Crippen LogP contribution < -0.4 is 20.1 Å². The number of hydrogen-bond acceptors (Lipinski definition) is 4. The van der Waals surface area contributed by atoms with E-state index < -0.39 is 0 Å². The molecule has 0 aliphatic carbocycles. The van der Waals surface area contributed by atoms with Gasteiger partial charge in [-0.15, -0.1) is 0 Å². The lowest BCUT2D eigenvalue weighted by molar-refractivity contribution is -0.121. The highest BCUT2D eigenvalue weighted by atomic mass is 16.5. The van der Waals surface area contributed by atoms with Crippen molar-refractivity contribution >= 4 is 5.91 Å². The SMILES string of the molecule is COc1cccc(CNCCC(=O)NCC(C)C)c1OC. The average molecular weight is 294 g/mol. The molecule has 1 rings (SSSR count). The summed E-state index contributed by atoms with van der Waals surface area (Å²) in [5.41, 5.74) is 1.01. The van der Waals surface area contributed by atoms with Crippen molar-refractivity contribution in [2.75, 3.05) is 27.3 Å². The van der Waals surface area contributed by atoms with Gasteiger partial charge in [0.25, 0.3) is 0 Å². The lowest BCUT2D eigenvalue weighted by Crippen LogP contribution is -2.30. The Morgan fingerprint density at radius 3 is 2.62 bits per heavy atom. The summed E-state index contributed by atoms with van der Waals surface area (Å²) in [6, 6.07) is 5.77. The summed E-state index contributed by atoms with van der Waals surface area (Å²) in [5, 5.41) is 6.15. The topological polar surface area (TPSA) is 59.6 Å². The molecule has 1 aromatic carbocycles. The third-order valence-electron chi connectivity index (χ3n) is 3.04. The monoisotopic (exact) mass is 294 g/mol. The molecule has 21 heavy (non-hydrogen) atoms. The first-order valence-electron chi connectivity index (χ1n) is 7.25. The van der Waals surface area contributed by atoms with Crippen LogP contribution in [-0.2, 0) is 11.3 Å². The summed E-state index contributed by atoms with van der Waals surface area (Å²) in [4.78, 5) is 11.6. The summed E-state index contributed by atoms with van der Waals surface area (Å²) in [6.45, 7) is 6.14. The predicted octanol–water partition coefficient (Wildman–Crippen LogP) is 1.96. The molecule has 0 saturated heterocycles. The van der Waals surface area contributed by atoms with Crippen molar-refractivity contribution in [1.29, 1.82) is 0 Å². The second kappa shape index (κ2) is 9.23. The van der Waals surface area contributed by atoms with Crippen LogP contribution in [-0.4, -0.2) is 33.2 Å². The van der Waals surface area contributed by atoms with Gasteiger partial charge >= 0.3 is 0 Å². The third-order valence-corrected chi connectivity index (χ3v) is 3.04. The Labute approximate surface area is 127 Å². The normalized spacial score (nSPS) is 10.5. The highest BCUT2D eigenvalue weighted by Crippen LogP contribution is 2.30. The molecule has 0 aliphatic rings. The first-order chi connectivity index (χ1) is 10.1. The number of rotatable bonds is 9. The van der Waals surface area contributed by atoms with E-state index in [1.165, 1.54) is 0 Å².